The van der Waals surface area contributed by atoms with E-state index in [1.54, 1.807) is 30.3 Å². The van der Waals surface area contributed by atoms with Crippen molar-refractivity contribution in [2.75, 3.05) is 5.32 Å². The molecule has 0 spiro atoms. The molecule has 4 nitrogen and oxygen atoms in total. The van der Waals surface area contributed by atoms with Crippen LogP contribution in [0, 0.1) is 11.3 Å². The summed E-state index contributed by atoms with van der Waals surface area (Å²) in [6.45, 7) is 0. The summed E-state index contributed by atoms with van der Waals surface area (Å²) >= 11 is 17.8. The fourth-order valence-corrected chi connectivity index (χ4v) is 3.26. The number of hydrogen-bond acceptors (Lipinski definition) is 3. The number of alkyl halides is 3. The van der Waals surface area contributed by atoms with Crippen LogP contribution in [0.25, 0.3) is 17.4 Å². The zero-order chi connectivity index (χ0) is 22.8. The van der Waals surface area contributed by atoms with Gasteiger partial charge in [-0.15, -0.1) is 0 Å². The molecule has 0 atom stereocenters. The Balaban J connectivity index is 1.82. The summed E-state index contributed by atoms with van der Waals surface area (Å²) in [5.74, 6) is -0.300. The largest absolute Gasteiger partial charge is 0.457 e. The van der Waals surface area contributed by atoms with E-state index >= 15 is 0 Å². The van der Waals surface area contributed by atoms with E-state index < -0.39 is 22.7 Å². The van der Waals surface area contributed by atoms with Gasteiger partial charge in [0.25, 0.3) is 5.91 Å². The van der Waals surface area contributed by atoms with E-state index in [9.17, 15) is 23.2 Å². The van der Waals surface area contributed by atoms with E-state index in [-0.39, 0.29) is 22.0 Å². The van der Waals surface area contributed by atoms with Crippen molar-refractivity contribution >= 4 is 52.5 Å². The highest BCUT2D eigenvalue weighted by Crippen LogP contribution is 2.36. The lowest BCUT2D eigenvalue weighted by molar-refractivity contribution is -0.137. The number of anilines is 1. The molecule has 0 aliphatic rings. The first-order chi connectivity index (χ1) is 14.6. The van der Waals surface area contributed by atoms with Crippen molar-refractivity contribution in [2.45, 2.75) is 6.18 Å². The number of amides is 1. The van der Waals surface area contributed by atoms with E-state index in [2.05, 4.69) is 5.32 Å². The summed E-state index contributed by atoms with van der Waals surface area (Å²) < 4.78 is 44.0. The van der Waals surface area contributed by atoms with Gasteiger partial charge in [0.1, 0.15) is 23.2 Å². The second-order valence-corrected chi connectivity index (χ2v) is 7.31. The molecule has 1 amide bonds. The van der Waals surface area contributed by atoms with Crippen molar-refractivity contribution in [3.05, 3.63) is 80.5 Å². The van der Waals surface area contributed by atoms with Crippen LogP contribution < -0.4 is 5.32 Å². The SMILES string of the molecule is N#C/C(=C\c1ccc(-c2cccc(Cl)c2Cl)o1)C(=O)Nc1ccc(C(F)(F)F)c(Cl)c1. The topological polar surface area (TPSA) is 66.0 Å². The van der Waals surface area contributed by atoms with Gasteiger partial charge in [-0.25, -0.2) is 0 Å². The Kier molecular flexibility index (Phi) is 6.65. The molecule has 1 heterocycles. The third kappa shape index (κ3) is 5.23. The fraction of sp³-hybridized carbons (Fsp3) is 0.0476. The van der Waals surface area contributed by atoms with Crippen molar-refractivity contribution in [1.29, 1.82) is 5.26 Å². The van der Waals surface area contributed by atoms with E-state index in [1.165, 1.54) is 12.1 Å². The number of rotatable bonds is 4. The highest BCUT2D eigenvalue weighted by atomic mass is 35.5. The van der Waals surface area contributed by atoms with Crippen LogP contribution in [0.1, 0.15) is 11.3 Å². The minimum Gasteiger partial charge on any atom is -0.457 e. The maximum atomic E-state index is 12.8. The summed E-state index contributed by atoms with van der Waals surface area (Å²) in [7, 11) is 0. The summed E-state index contributed by atoms with van der Waals surface area (Å²) in [5.41, 5.74) is -0.855. The summed E-state index contributed by atoms with van der Waals surface area (Å²) in [4.78, 5) is 12.4. The first-order valence-electron chi connectivity index (χ1n) is 8.44. The molecule has 3 rings (SSSR count). The molecule has 158 valence electrons. The molecule has 0 fully saturated rings. The van der Waals surface area contributed by atoms with Gasteiger partial charge in [-0.05, 0) is 42.5 Å². The molecule has 1 N–H and O–H groups in total. The van der Waals surface area contributed by atoms with Crippen molar-refractivity contribution in [3.63, 3.8) is 0 Å². The molecule has 0 unspecified atom stereocenters. The number of hydrogen-bond donors (Lipinski definition) is 1. The lowest BCUT2D eigenvalue weighted by Crippen LogP contribution is -2.14. The van der Waals surface area contributed by atoms with Crippen LogP contribution in [0.2, 0.25) is 15.1 Å². The Bertz CT molecular complexity index is 1230. The van der Waals surface area contributed by atoms with Crippen molar-refractivity contribution in [3.8, 4) is 17.4 Å². The molecule has 1 aromatic heterocycles. The van der Waals surface area contributed by atoms with Crippen LogP contribution in [0.5, 0.6) is 0 Å². The predicted molar refractivity (Wildman–Crippen MR) is 113 cm³/mol. The number of nitrogens with one attached hydrogen (secondary N) is 1. The van der Waals surface area contributed by atoms with Crippen LogP contribution >= 0.6 is 34.8 Å². The molecule has 0 aliphatic carbocycles. The van der Waals surface area contributed by atoms with Gasteiger partial charge in [-0.3, -0.25) is 4.79 Å². The highest BCUT2D eigenvalue weighted by Gasteiger charge is 2.33. The summed E-state index contributed by atoms with van der Waals surface area (Å²) in [6.07, 6.45) is -3.44. The van der Waals surface area contributed by atoms with E-state index in [1.807, 2.05) is 0 Å². The number of furan rings is 1. The number of halogens is 6. The molecule has 2 aromatic carbocycles. The van der Waals surface area contributed by atoms with Crippen molar-refractivity contribution in [1.82, 2.24) is 0 Å². The van der Waals surface area contributed by atoms with Gasteiger partial charge < -0.3 is 9.73 Å². The third-order valence-electron chi connectivity index (χ3n) is 4.03. The average molecular weight is 486 g/mol. The maximum Gasteiger partial charge on any atom is 0.417 e. The smallest absolute Gasteiger partial charge is 0.417 e. The number of nitrogens with zero attached hydrogens (tertiary/aromatic N) is 1. The zero-order valence-corrected chi connectivity index (χ0v) is 17.5. The lowest BCUT2D eigenvalue weighted by Gasteiger charge is -2.10. The summed E-state index contributed by atoms with van der Waals surface area (Å²) in [5, 5.41) is 11.7. The number of carbonyl (C=O) groups is 1. The Hall–Kier alpha value is -2.92. The van der Waals surface area contributed by atoms with Gasteiger partial charge in [0.05, 0.1) is 20.6 Å². The molecule has 31 heavy (non-hydrogen) atoms. The molecule has 0 saturated carbocycles. The minimum atomic E-state index is -4.62. The molecular formula is C21H10Cl3F3N2O2. The molecule has 10 heteroatoms. The number of carbonyl (C=O) groups excluding carboxylic acids is 1. The van der Waals surface area contributed by atoms with Gasteiger partial charge in [0.2, 0.25) is 0 Å². The van der Waals surface area contributed by atoms with E-state index in [4.69, 9.17) is 39.2 Å². The van der Waals surface area contributed by atoms with Gasteiger partial charge >= 0.3 is 6.18 Å². The number of benzene rings is 2. The highest BCUT2D eigenvalue weighted by molar-refractivity contribution is 6.43. The maximum absolute atomic E-state index is 12.8. The van der Waals surface area contributed by atoms with Crippen LogP contribution in [-0.2, 0) is 11.0 Å². The summed E-state index contributed by atoms with van der Waals surface area (Å²) in [6, 6.07) is 12.5. The Labute approximate surface area is 189 Å². The molecule has 3 aromatic rings. The van der Waals surface area contributed by atoms with Gasteiger partial charge in [0, 0.05) is 17.3 Å². The normalized spacial score (nSPS) is 11.8. The molecule has 0 bridgehead atoms. The van der Waals surface area contributed by atoms with Crippen LogP contribution in [0.15, 0.2) is 58.5 Å². The predicted octanol–water partition coefficient (Wildman–Crippen LogP) is 7.47. The third-order valence-corrected chi connectivity index (χ3v) is 5.16. The Morgan fingerprint density at radius 1 is 1.06 bits per heavy atom. The zero-order valence-electron chi connectivity index (χ0n) is 15.2. The quantitative estimate of drug-likeness (QED) is 0.308. The molecule has 0 radical (unpaired) electrons. The molecule has 0 saturated heterocycles. The monoisotopic (exact) mass is 484 g/mol. The first kappa shape index (κ1) is 22.8. The second-order valence-electron chi connectivity index (χ2n) is 6.12. The molecular weight excluding hydrogens is 476 g/mol. The van der Waals surface area contributed by atoms with Crippen molar-refractivity contribution in [2.24, 2.45) is 0 Å². The lowest BCUT2D eigenvalue weighted by atomic mass is 10.1. The standard InChI is InChI=1S/C21H10Cl3F3N2O2/c22-16-3-1-2-14(19(16)24)18-7-5-13(31-18)8-11(10-28)20(30)29-12-4-6-15(17(23)9-12)21(25,26)27/h1-9H,(H,29,30)/b11-8+. The van der Waals surface area contributed by atoms with Crippen LogP contribution in [-0.4, -0.2) is 5.91 Å². The molecule has 0 aliphatic heterocycles. The van der Waals surface area contributed by atoms with Crippen LogP contribution in [0.4, 0.5) is 18.9 Å². The van der Waals surface area contributed by atoms with Gasteiger partial charge in [0.15, 0.2) is 0 Å². The van der Waals surface area contributed by atoms with Gasteiger partial charge in [-0.1, -0.05) is 40.9 Å². The minimum absolute atomic E-state index is 0.00464. The van der Waals surface area contributed by atoms with Crippen LogP contribution in [0.3, 0.4) is 0 Å². The average Bonchev–Trinajstić information content (AvgIpc) is 3.15. The number of nitriles is 1. The Morgan fingerprint density at radius 3 is 2.45 bits per heavy atom. The van der Waals surface area contributed by atoms with E-state index in [0.717, 1.165) is 18.2 Å². The second kappa shape index (κ2) is 9.06. The van der Waals surface area contributed by atoms with Gasteiger partial charge in [-0.2, -0.15) is 18.4 Å². The van der Waals surface area contributed by atoms with Crippen molar-refractivity contribution < 1.29 is 22.4 Å². The first-order valence-corrected chi connectivity index (χ1v) is 9.57. The Morgan fingerprint density at radius 2 is 1.81 bits per heavy atom. The van der Waals surface area contributed by atoms with E-state index in [0.29, 0.717) is 16.3 Å². The fourth-order valence-electron chi connectivity index (χ4n) is 2.58.